The summed E-state index contributed by atoms with van der Waals surface area (Å²) in [5.41, 5.74) is 2.34. The monoisotopic (exact) mass is 614 g/mol. The molecule has 0 radical (unpaired) electrons. The molecule has 3 aromatic carbocycles. The molecule has 0 aliphatic carbocycles. The Labute approximate surface area is 238 Å². The van der Waals surface area contributed by atoms with Gasteiger partial charge in [-0.1, -0.05) is 29.8 Å². The van der Waals surface area contributed by atoms with Crippen LogP contribution < -0.4 is 9.47 Å². The molecular formula is C28H24BrClN2O5S. The summed E-state index contributed by atoms with van der Waals surface area (Å²) in [4.78, 5) is 30.9. The van der Waals surface area contributed by atoms with Crippen molar-refractivity contribution in [2.75, 3.05) is 13.2 Å². The number of carbonyl (C=O) groups excluding carboxylic acids is 1. The fourth-order valence-electron chi connectivity index (χ4n) is 3.65. The molecule has 4 rings (SSSR count). The third-order valence-electron chi connectivity index (χ3n) is 5.50. The predicted molar refractivity (Wildman–Crippen MR) is 155 cm³/mol. The van der Waals surface area contributed by atoms with Crippen molar-refractivity contribution in [1.82, 2.24) is 4.90 Å². The number of carboxylic acid groups (broad SMARTS) is 1. The number of halogens is 2. The number of likely N-dealkylation sites (N-methyl/N-ethyl adjacent to an activating group) is 1. The largest absolute Gasteiger partial charge is 0.490 e. The minimum absolute atomic E-state index is 0.161. The van der Waals surface area contributed by atoms with E-state index in [2.05, 4.69) is 20.9 Å². The van der Waals surface area contributed by atoms with E-state index in [1.54, 1.807) is 23.1 Å². The number of ether oxygens (including phenoxy) is 2. The fraction of sp³-hybridized carbons (Fsp3) is 0.179. The molecule has 1 saturated heterocycles. The van der Waals surface area contributed by atoms with Gasteiger partial charge < -0.3 is 14.6 Å². The van der Waals surface area contributed by atoms with Crippen molar-refractivity contribution in [1.29, 1.82) is 0 Å². The molecule has 0 spiro atoms. The minimum atomic E-state index is -1.01. The van der Waals surface area contributed by atoms with Crippen molar-refractivity contribution in [3.8, 4) is 11.5 Å². The number of benzene rings is 3. The fourth-order valence-corrected chi connectivity index (χ4v) is 5.48. The maximum Gasteiger partial charge on any atom is 0.335 e. The predicted octanol–water partition coefficient (Wildman–Crippen LogP) is 7.40. The number of amides is 1. The number of aliphatic imine (C=N–C) groups is 1. The topological polar surface area (TPSA) is 88.4 Å². The summed E-state index contributed by atoms with van der Waals surface area (Å²) in [6.07, 6.45) is 1.79. The van der Waals surface area contributed by atoms with Gasteiger partial charge in [-0.3, -0.25) is 9.69 Å². The van der Waals surface area contributed by atoms with Crippen LogP contribution >= 0.6 is 39.3 Å². The first-order valence-corrected chi connectivity index (χ1v) is 13.8. The van der Waals surface area contributed by atoms with Gasteiger partial charge in [0.25, 0.3) is 5.91 Å². The summed E-state index contributed by atoms with van der Waals surface area (Å²) in [5.74, 6) is -0.0861. The van der Waals surface area contributed by atoms with E-state index in [9.17, 15) is 9.59 Å². The third kappa shape index (κ3) is 6.40. The molecule has 0 aromatic heterocycles. The molecule has 196 valence electrons. The van der Waals surface area contributed by atoms with Crippen LogP contribution in [0.5, 0.6) is 11.5 Å². The number of hydrogen-bond donors (Lipinski definition) is 1. The molecular weight excluding hydrogens is 592 g/mol. The van der Waals surface area contributed by atoms with E-state index in [0.717, 1.165) is 11.1 Å². The van der Waals surface area contributed by atoms with Gasteiger partial charge in [-0.05, 0) is 95.6 Å². The Morgan fingerprint density at radius 3 is 2.53 bits per heavy atom. The lowest BCUT2D eigenvalue weighted by molar-refractivity contribution is -0.122. The van der Waals surface area contributed by atoms with E-state index in [1.165, 1.54) is 23.9 Å². The molecule has 1 fully saturated rings. The molecule has 1 heterocycles. The van der Waals surface area contributed by atoms with Crippen LogP contribution in [0.1, 0.15) is 35.3 Å². The number of rotatable bonds is 9. The first-order valence-electron chi connectivity index (χ1n) is 11.8. The Bertz CT molecular complexity index is 1430. The van der Waals surface area contributed by atoms with Crippen LogP contribution in [-0.4, -0.2) is 40.2 Å². The first kappa shape index (κ1) is 27.8. The van der Waals surface area contributed by atoms with Gasteiger partial charge in [0, 0.05) is 17.1 Å². The molecule has 7 nitrogen and oxygen atoms in total. The molecule has 0 atom stereocenters. The Morgan fingerprint density at radius 2 is 1.87 bits per heavy atom. The molecule has 0 unspecified atom stereocenters. The standard InChI is InChI=1S/C28H24BrClN2O5S/c1-3-32-26(33)24(38-28(32)31-20-11-9-18(10-12-20)27(34)35)15-17-13-21(29)25(23(14-17)36-4-2)37-16-19-7-5-6-8-22(19)30/h5-15H,3-4,16H2,1-2H3,(H,34,35)/b24-15-,31-28?. The average Bonchev–Trinajstić information content (AvgIpc) is 3.18. The van der Waals surface area contributed by atoms with Crippen molar-refractivity contribution in [3.05, 3.63) is 91.8 Å². The summed E-state index contributed by atoms with van der Waals surface area (Å²) >= 11 is 11.1. The number of thioether (sulfide) groups is 1. The molecule has 1 aliphatic heterocycles. The summed E-state index contributed by atoms with van der Waals surface area (Å²) in [5, 5.41) is 10.3. The highest BCUT2D eigenvalue weighted by molar-refractivity contribution is 9.10. The van der Waals surface area contributed by atoms with E-state index < -0.39 is 5.97 Å². The van der Waals surface area contributed by atoms with Crippen molar-refractivity contribution in [3.63, 3.8) is 0 Å². The smallest absolute Gasteiger partial charge is 0.335 e. The normalized spacial score (nSPS) is 15.4. The number of amidine groups is 1. The van der Waals surface area contributed by atoms with E-state index in [-0.39, 0.29) is 18.1 Å². The van der Waals surface area contributed by atoms with Crippen LogP contribution in [0.4, 0.5) is 5.69 Å². The summed E-state index contributed by atoms with van der Waals surface area (Å²) < 4.78 is 12.6. The maximum absolute atomic E-state index is 13.1. The van der Waals surface area contributed by atoms with Crippen molar-refractivity contribution >= 4 is 68.1 Å². The highest BCUT2D eigenvalue weighted by atomic mass is 79.9. The number of aromatic carboxylic acids is 1. The van der Waals surface area contributed by atoms with Gasteiger partial charge in [-0.15, -0.1) is 0 Å². The Balaban J connectivity index is 1.60. The number of carboxylic acids is 1. The molecule has 1 N–H and O–H groups in total. The zero-order valence-electron chi connectivity index (χ0n) is 20.6. The molecule has 0 saturated carbocycles. The van der Waals surface area contributed by atoms with Crippen molar-refractivity contribution in [2.24, 2.45) is 4.99 Å². The third-order valence-corrected chi connectivity index (χ3v) is 7.47. The number of carbonyl (C=O) groups is 2. The zero-order chi connectivity index (χ0) is 27.2. The first-order chi connectivity index (χ1) is 18.3. The molecule has 1 aliphatic rings. The van der Waals surface area contributed by atoms with E-state index in [1.807, 2.05) is 50.2 Å². The SMILES string of the molecule is CCOc1cc(/C=C2\SC(=Nc3ccc(C(=O)O)cc3)N(CC)C2=O)cc(Br)c1OCc1ccccc1Cl. The Hall–Kier alpha value is -3.27. The van der Waals surface area contributed by atoms with Crippen LogP contribution in [0, 0.1) is 0 Å². The van der Waals surface area contributed by atoms with E-state index >= 15 is 0 Å². The Kier molecular flexibility index (Phi) is 9.14. The zero-order valence-corrected chi connectivity index (χ0v) is 23.8. The second kappa shape index (κ2) is 12.5. The highest BCUT2D eigenvalue weighted by Gasteiger charge is 2.32. The van der Waals surface area contributed by atoms with Gasteiger partial charge in [-0.2, -0.15) is 0 Å². The van der Waals surface area contributed by atoms with E-state index in [4.69, 9.17) is 26.2 Å². The van der Waals surface area contributed by atoms with Crippen molar-refractivity contribution < 1.29 is 24.2 Å². The van der Waals surface area contributed by atoms with Crippen LogP contribution in [0.15, 0.2) is 75.0 Å². The summed E-state index contributed by atoms with van der Waals surface area (Å²) in [6.45, 7) is 4.91. The average molecular weight is 616 g/mol. The van der Waals surface area contributed by atoms with Gasteiger partial charge in [0.1, 0.15) is 6.61 Å². The van der Waals surface area contributed by atoms with Gasteiger partial charge >= 0.3 is 5.97 Å². The molecule has 1 amide bonds. The van der Waals surface area contributed by atoms with Crippen LogP contribution in [0.25, 0.3) is 6.08 Å². The molecule has 0 bridgehead atoms. The van der Waals surface area contributed by atoms with Gasteiger partial charge in [0.05, 0.1) is 27.2 Å². The van der Waals surface area contributed by atoms with Crippen LogP contribution in [0.3, 0.4) is 0 Å². The van der Waals surface area contributed by atoms with Gasteiger partial charge in [0.2, 0.25) is 0 Å². The highest BCUT2D eigenvalue weighted by Crippen LogP contribution is 2.40. The molecule has 3 aromatic rings. The lowest BCUT2D eigenvalue weighted by Crippen LogP contribution is -2.28. The Morgan fingerprint density at radius 1 is 1.13 bits per heavy atom. The van der Waals surface area contributed by atoms with Crippen LogP contribution in [0.2, 0.25) is 5.02 Å². The van der Waals surface area contributed by atoms with Crippen LogP contribution in [-0.2, 0) is 11.4 Å². The lowest BCUT2D eigenvalue weighted by Gasteiger charge is -2.15. The van der Waals surface area contributed by atoms with Crippen molar-refractivity contribution in [2.45, 2.75) is 20.5 Å². The minimum Gasteiger partial charge on any atom is -0.490 e. The lowest BCUT2D eigenvalue weighted by atomic mass is 10.1. The number of hydrogen-bond acceptors (Lipinski definition) is 6. The van der Waals surface area contributed by atoms with Gasteiger partial charge in [0.15, 0.2) is 16.7 Å². The second-order valence-electron chi connectivity index (χ2n) is 8.05. The number of nitrogens with zero attached hydrogens (tertiary/aromatic N) is 2. The maximum atomic E-state index is 13.1. The molecule has 10 heteroatoms. The second-order valence-corrected chi connectivity index (χ2v) is 10.3. The summed E-state index contributed by atoms with van der Waals surface area (Å²) in [6, 6.07) is 17.4. The summed E-state index contributed by atoms with van der Waals surface area (Å²) in [7, 11) is 0. The quantitative estimate of drug-likeness (QED) is 0.252. The molecule has 38 heavy (non-hydrogen) atoms. The van der Waals surface area contributed by atoms with E-state index in [0.29, 0.717) is 49.9 Å². The van der Waals surface area contributed by atoms with Gasteiger partial charge in [-0.25, -0.2) is 9.79 Å².